The van der Waals surface area contributed by atoms with Crippen LogP contribution in [-0.4, -0.2) is 37.6 Å². The molecule has 1 aromatic carbocycles. The molecule has 0 aliphatic carbocycles. The fourth-order valence-corrected chi connectivity index (χ4v) is 2.26. The van der Waals surface area contributed by atoms with Crippen molar-refractivity contribution in [2.45, 2.75) is 12.6 Å². The highest BCUT2D eigenvalue weighted by Gasteiger charge is 2.32. The topological polar surface area (TPSA) is 89.5 Å². The predicted molar refractivity (Wildman–Crippen MR) is 94.1 cm³/mol. The van der Waals surface area contributed by atoms with Crippen LogP contribution in [0.1, 0.15) is 11.3 Å². The molecule has 10 heteroatoms. The first kappa shape index (κ1) is 21.0. The Hall–Kier alpha value is -3.30. The molecule has 0 aliphatic heterocycles. The molecule has 0 fully saturated rings. The average Bonchev–Trinajstić information content (AvgIpc) is 2.67. The number of rotatable bonds is 6. The minimum Gasteiger partial charge on any atom is -0.493 e. The van der Waals surface area contributed by atoms with E-state index in [4.69, 9.17) is 9.47 Å². The summed E-state index contributed by atoms with van der Waals surface area (Å²) < 4.78 is 47.7. The summed E-state index contributed by atoms with van der Waals surface area (Å²) in [7, 11) is 3.02. The molecule has 7 nitrogen and oxygen atoms in total. The van der Waals surface area contributed by atoms with Gasteiger partial charge in [0.15, 0.2) is 11.5 Å². The number of halogens is 3. The average molecular weight is 397 g/mol. The summed E-state index contributed by atoms with van der Waals surface area (Å²) in [6.07, 6.45) is -3.32. The number of hydrogen-bond acceptors (Lipinski definition) is 5. The van der Waals surface area contributed by atoms with Gasteiger partial charge in [0.2, 0.25) is 0 Å². The Morgan fingerprint density at radius 1 is 1.04 bits per heavy atom. The Labute approximate surface area is 158 Å². The summed E-state index contributed by atoms with van der Waals surface area (Å²) in [6.45, 7) is 0.174. The van der Waals surface area contributed by atoms with Crippen molar-refractivity contribution in [1.29, 1.82) is 0 Å². The van der Waals surface area contributed by atoms with Crippen LogP contribution < -0.4 is 20.1 Å². The largest absolute Gasteiger partial charge is 0.493 e. The second-order valence-electron chi connectivity index (χ2n) is 5.58. The van der Waals surface area contributed by atoms with Crippen LogP contribution in [0.15, 0.2) is 36.5 Å². The van der Waals surface area contributed by atoms with Crippen LogP contribution in [-0.2, 0) is 22.2 Å². The van der Waals surface area contributed by atoms with Gasteiger partial charge in [-0.2, -0.15) is 13.2 Å². The molecule has 0 unspecified atom stereocenters. The van der Waals surface area contributed by atoms with Crippen LogP contribution in [0, 0.1) is 0 Å². The van der Waals surface area contributed by atoms with E-state index in [1.54, 1.807) is 18.2 Å². The Bertz CT molecular complexity index is 839. The smallest absolute Gasteiger partial charge is 0.433 e. The van der Waals surface area contributed by atoms with Crippen molar-refractivity contribution < 1.29 is 32.2 Å². The Balaban J connectivity index is 1.85. The SMILES string of the molecule is COc1ccc(CCNC(=O)C(=O)Nc2ccc(C(F)(F)F)nc2)cc1OC. The van der Waals surface area contributed by atoms with E-state index >= 15 is 0 Å². The molecule has 2 N–H and O–H groups in total. The first-order chi connectivity index (χ1) is 13.2. The maximum atomic E-state index is 12.5. The lowest BCUT2D eigenvalue weighted by atomic mass is 10.1. The first-order valence-corrected chi connectivity index (χ1v) is 8.08. The van der Waals surface area contributed by atoms with Gasteiger partial charge in [-0.1, -0.05) is 6.07 Å². The molecule has 28 heavy (non-hydrogen) atoms. The van der Waals surface area contributed by atoms with Crippen LogP contribution in [0.3, 0.4) is 0 Å². The number of carbonyl (C=O) groups excluding carboxylic acids is 2. The first-order valence-electron chi connectivity index (χ1n) is 8.08. The molecule has 0 spiro atoms. The van der Waals surface area contributed by atoms with Crippen LogP contribution >= 0.6 is 0 Å². The van der Waals surface area contributed by atoms with E-state index in [1.807, 2.05) is 0 Å². The third kappa shape index (κ3) is 5.60. The molecule has 0 saturated carbocycles. The quantitative estimate of drug-likeness (QED) is 0.731. The van der Waals surface area contributed by atoms with Gasteiger partial charge in [-0.3, -0.25) is 9.59 Å². The number of methoxy groups -OCH3 is 2. The van der Waals surface area contributed by atoms with E-state index in [1.165, 1.54) is 14.2 Å². The number of nitrogens with zero attached hydrogens (tertiary/aromatic N) is 1. The predicted octanol–water partition coefficient (Wildman–Crippen LogP) is 2.42. The molecule has 0 radical (unpaired) electrons. The zero-order valence-electron chi connectivity index (χ0n) is 15.1. The highest BCUT2D eigenvalue weighted by atomic mass is 19.4. The molecule has 2 aromatic rings. The minimum absolute atomic E-state index is 0.0203. The fraction of sp³-hybridized carbons (Fsp3) is 0.278. The third-order valence-corrected chi connectivity index (χ3v) is 3.67. The van der Waals surface area contributed by atoms with Crippen LogP contribution in [0.4, 0.5) is 18.9 Å². The van der Waals surface area contributed by atoms with Gasteiger partial charge in [-0.25, -0.2) is 4.98 Å². The summed E-state index contributed by atoms with van der Waals surface area (Å²) in [5.74, 6) is -0.812. The van der Waals surface area contributed by atoms with Crippen LogP contribution in [0.2, 0.25) is 0 Å². The number of anilines is 1. The standard InChI is InChI=1S/C18H18F3N3O4/c1-27-13-5-3-11(9-14(13)28-2)7-8-22-16(25)17(26)24-12-4-6-15(23-10-12)18(19,20)21/h3-6,9-10H,7-8H2,1-2H3,(H,22,25)(H,24,26). The van der Waals surface area contributed by atoms with E-state index in [0.717, 1.165) is 17.8 Å². The van der Waals surface area contributed by atoms with E-state index in [-0.39, 0.29) is 12.2 Å². The van der Waals surface area contributed by atoms with Crippen molar-refractivity contribution in [1.82, 2.24) is 10.3 Å². The second kappa shape index (κ2) is 9.07. The van der Waals surface area contributed by atoms with E-state index in [9.17, 15) is 22.8 Å². The monoisotopic (exact) mass is 397 g/mol. The van der Waals surface area contributed by atoms with Gasteiger partial charge in [0.05, 0.1) is 26.1 Å². The third-order valence-electron chi connectivity index (χ3n) is 3.67. The molecule has 0 bridgehead atoms. The van der Waals surface area contributed by atoms with Gasteiger partial charge in [-0.05, 0) is 36.2 Å². The van der Waals surface area contributed by atoms with Gasteiger partial charge in [0.25, 0.3) is 0 Å². The van der Waals surface area contributed by atoms with Crippen LogP contribution in [0.5, 0.6) is 11.5 Å². The van der Waals surface area contributed by atoms with Crippen molar-refractivity contribution in [3.63, 3.8) is 0 Å². The number of carbonyl (C=O) groups is 2. The molecule has 0 aliphatic rings. The summed E-state index contributed by atoms with van der Waals surface area (Å²) >= 11 is 0. The lowest BCUT2D eigenvalue weighted by Crippen LogP contribution is -2.36. The van der Waals surface area contributed by atoms with Crippen molar-refractivity contribution in [2.24, 2.45) is 0 Å². The molecular formula is C18H18F3N3O4. The number of ether oxygens (including phenoxy) is 2. The molecule has 150 valence electrons. The van der Waals surface area contributed by atoms with Crippen molar-refractivity contribution >= 4 is 17.5 Å². The van der Waals surface area contributed by atoms with E-state index in [0.29, 0.717) is 24.0 Å². The number of benzene rings is 1. The highest BCUT2D eigenvalue weighted by Crippen LogP contribution is 2.28. The zero-order chi connectivity index (χ0) is 20.7. The summed E-state index contributed by atoms with van der Waals surface area (Å²) in [5, 5.41) is 4.61. The summed E-state index contributed by atoms with van der Waals surface area (Å²) in [4.78, 5) is 26.8. The van der Waals surface area contributed by atoms with Crippen molar-refractivity contribution in [3.05, 3.63) is 47.8 Å². The Morgan fingerprint density at radius 3 is 2.32 bits per heavy atom. The molecule has 2 amide bonds. The summed E-state index contributed by atoms with van der Waals surface area (Å²) in [6, 6.07) is 7.00. The zero-order valence-corrected chi connectivity index (χ0v) is 15.1. The lowest BCUT2D eigenvalue weighted by molar-refractivity contribution is -0.141. The van der Waals surface area contributed by atoms with E-state index in [2.05, 4.69) is 15.6 Å². The number of amides is 2. The van der Waals surface area contributed by atoms with Gasteiger partial charge >= 0.3 is 18.0 Å². The second-order valence-corrected chi connectivity index (χ2v) is 5.58. The Kier molecular flexibility index (Phi) is 6.80. The number of aromatic nitrogens is 1. The number of alkyl halides is 3. The fourth-order valence-electron chi connectivity index (χ4n) is 2.26. The maximum absolute atomic E-state index is 12.5. The van der Waals surface area contributed by atoms with Gasteiger partial charge < -0.3 is 20.1 Å². The molecule has 0 saturated heterocycles. The minimum atomic E-state index is -4.58. The molecule has 2 rings (SSSR count). The van der Waals surface area contributed by atoms with Gasteiger partial charge in [0.1, 0.15) is 5.69 Å². The van der Waals surface area contributed by atoms with Crippen molar-refractivity contribution in [2.75, 3.05) is 26.1 Å². The van der Waals surface area contributed by atoms with Crippen LogP contribution in [0.25, 0.3) is 0 Å². The molecule has 1 heterocycles. The van der Waals surface area contributed by atoms with Gasteiger partial charge in [0, 0.05) is 6.54 Å². The number of nitrogens with one attached hydrogen (secondary N) is 2. The lowest BCUT2D eigenvalue weighted by Gasteiger charge is -2.10. The normalized spacial score (nSPS) is 10.9. The number of hydrogen-bond donors (Lipinski definition) is 2. The van der Waals surface area contributed by atoms with Crippen molar-refractivity contribution in [3.8, 4) is 11.5 Å². The molecule has 0 atom stereocenters. The van der Waals surface area contributed by atoms with Gasteiger partial charge in [-0.15, -0.1) is 0 Å². The summed E-state index contributed by atoms with van der Waals surface area (Å²) in [5.41, 5.74) is -0.261. The number of pyridine rings is 1. The molecule has 1 aromatic heterocycles. The maximum Gasteiger partial charge on any atom is 0.433 e. The Morgan fingerprint density at radius 2 is 1.75 bits per heavy atom. The molecular weight excluding hydrogens is 379 g/mol. The van der Waals surface area contributed by atoms with E-state index < -0.39 is 23.7 Å². The highest BCUT2D eigenvalue weighted by molar-refractivity contribution is 6.39.